The van der Waals surface area contributed by atoms with E-state index in [2.05, 4.69) is 5.32 Å². The first-order valence-corrected chi connectivity index (χ1v) is 7.93. The molecule has 1 aromatic rings. The van der Waals surface area contributed by atoms with E-state index in [-0.39, 0.29) is 6.10 Å². The molecule has 134 valence electrons. The van der Waals surface area contributed by atoms with E-state index in [0.717, 1.165) is 11.3 Å². The second kappa shape index (κ2) is 8.57. The largest absolute Gasteiger partial charge is 0.491 e. The lowest BCUT2D eigenvalue weighted by molar-refractivity contribution is -0.143. The number of amides is 1. The van der Waals surface area contributed by atoms with Crippen molar-refractivity contribution < 1.29 is 23.8 Å². The number of carbonyl (C=O) groups excluding carboxylic acids is 2. The minimum absolute atomic E-state index is 0.0903. The molecule has 6 heteroatoms. The second-order valence-corrected chi connectivity index (χ2v) is 6.74. The summed E-state index contributed by atoms with van der Waals surface area (Å²) in [7, 11) is 1.28. The summed E-state index contributed by atoms with van der Waals surface area (Å²) in [5, 5.41) is 2.55. The van der Waals surface area contributed by atoms with E-state index in [0.29, 0.717) is 6.42 Å². The Kier molecular flexibility index (Phi) is 7.07. The summed E-state index contributed by atoms with van der Waals surface area (Å²) >= 11 is 0. The molecule has 0 fully saturated rings. The summed E-state index contributed by atoms with van der Waals surface area (Å²) in [5.74, 6) is 0.229. The fourth-order valence-corrected chi connectivity index (χ4v) is 2.00. The van der Waals surface area contributed by atoms with Gasteiger partial charge in [-0.1, -0.05) is 12.1 Å². The predicted octanol–water partition coefficient (Wildman–Crippen LogP) is 3.08. The van der Waals surface area contributed by atoms with Crippen LogP contribution in [-0.2, 0) is 20.7 Å². The molecule has 0 aliphatic heterocycles. The van der Waals surface area contributed by atoms with Crippen molar-refractivity contribution in [3.63, 3.8) is 0 Å². The molecule has 0 aromatic heterocycles. The topological polar surface area (TPSA) is 73.9 Å². The molecule has 1 rings (SSSR count). The maximum Gasteiger partial charge on any atom is 0.408 e. The SMILES string of the molecule is COC(=O)C(Cc1ccc(OC(C)C)cc1)NC(=O)OC(C)(C)C. The van der Waals surface area contributed by atoms with Gasteiger partial charge in [0.2, 0.25) is 0 Å². The van der Waals surface area contributed by atoms with Crippen LogP contribution in [0.5, 0.6) is 5.75 Å². The molecule has 0 saturated carbocycles. The number of hydrogen-bond donors (Lipinski definition) is 1. The van der Waals surface area contributed by atoms with E-state index in [1.807, 2.05) is 38.1 Å². The van der Waals surface area contributed by atoms with Gasteiger partial charge in [0.15, 0.2) is 0 Å². The quantitative estimate of drug-likeness (QED) is 0.808. The zero-order chi connectivity index (χ0) is 18.3. The van der Waals surface area contributed by atoms with Crippen LogP contribution >= 0.6 is 0 Å². The molecular formula is C18H27NO5. The molecule has 0 heterocycles. The highest BCUT2D eigenvalue weighted by Crippen LogP contribution is 2.15. The number of carbonyl (C=O) groups is 2. The van der Waals surface area contributed by atoms with Gasteiger partial charge >= 0.3 is 12.1 Å². The zero-order valence-corrected chi connectivity index (χ0v) is 15.2. The maximum atomic E-state index is 11.9. The van der Waals surface area contributed by atoms with Gasteiger partial charge in [-0.2, -0.15) is 0 Å². The van der Waals surface area contributed by atoms with Crippen molar-refractivity contribution in [3.8, 4) is 5.75 Å². The van der Waals surface area contributed by atoms with E-state index < -0.39 is 23.7 Å². The van der Waals surface area contributed by atoms with Gasteiger partial charge in [-0.3, -0.25) is 0 Å². The molecule has 0 aliphatic carbocycles. The van der Waals surface area contributed by atoms with E-state index >= 15 is 0 Å². The second-order valence-electron chi connectivity index (χ2n) is 6.74. The van der Waals surface area contributed by atoms with E-state index in [9.17, 15) is 9.59 Å². The molecule has 1 atom stereocenters. The van der Waals surface area contributed by atoms with Crippen molar-refractivity contribution in [3.05, 3.63) is 29.8 Å². The van der Waals surface area contributed by atoms with Crippen LogP contribution < -0.4 is 10.1 Å². The van der Waals surface area contributed by atoms with Crippen molar-refractivity contribution >= 4 is 12.1 Å². The highest BCUT2D eigenvalue weighted by atomic mass is 16.6. The monoisotopic (exact) mass is 337 g/mol. The third kappa shape index (κ3) is 7.35. The third-order valence-electron chi connectivity index (χ3n) is 2.91. The molecule has 0 spiro atoms. The lowest BCUT2D eigenvalue weighted by Gasteiger charge is -2.22. The molecule has 1 unspecified atom stereocenters. The highest BCUT2D eigenvalue weighted by molar-refractivity contribution is 5.81. The van der Waals surface area contributed by atoms with Gasteiger partial charge in [-0.15, -0.1) is 0 Å². The first-order valence-electron chi connectivity index (χ1n) is 7.93. The zero-order valence-electron chi connectivity index (χ0n) is 15.2. The first kappa shape index (κ1) is 19.8. The Morgan fingerprint density at radius 2 is 1.71 bits per heavy atom. The van der Waals surface area contributed by atoms with Crippen LogP contribution in [0.15, 0.2) is 24.3 Å². The van der Waals surface area contributed by atoms with Gasteiger partial charge < -0.3 is 19.5 Å². The van der Waals surface area contributed by atoms with Crippen molar-refractivity contribution in [2.24, 2.45) is 0 Å². The van der Waals surface area contributed by atoms with E-state index in [1.54, 1.807) is 20.8 Å². The van der Waals surface area contributed by atoms with Crippen LogP contribution in [0.2, 0.25) is 0 Å². The average molecular weight is 337 g/mol. The fourth-order valence-electron chi connectivity index (χ4n) is 2.00. The van der Waals surface area contributed by atoms with Crippen LogP contribution in [0.3, 0.4) is 0 Å². The molecular weight excluding hydrogens is 310 g/mol. The molecule has 0 bridgehead atoms. The Labute approximate surface area is 143 Å². The molecule has 0 radical (unpaired) electrons. The highest BCUT2D eigenvalue weighted by Gasteiger charge is 2.25. The summed E-state index contributed by atoms with van der Waals surface area (Å²) in [4.78, 5) is 23.8. The minimum atomic E-state index is -0.818. The molecule has 6 nitrogen and oxygen atoms in total. The Morgan fingerprint density at radius 1 is 1.12 bits per heavy atom. The van der Waals surface area contributed by atoms with Gasteiger partial charge in [-0.25, -0.2) is 9.59 Å². The molecule has 0 saturated heterocycles. The van der Waals surface area contributed by atoms with Crippen LogP contribution in [0, 0.1) is 0 Å². The van der Waals surface area contributed by atoms with Gasteiger partial charge in [-0.05, 0) is 52.3 Å². The minimum Gasteiger partial charge on any atom is -0.491 e. The number of methoxy groups -OCH3 is 1. The summed E-state index contributed by atoms with van der Waals surface area (Å²) in [5.41, 5.74) is 0.234. The average Bonchev–Trinajstić information content (AvgIpc) is 2.45. The normalized spacial score (nSPS) is 12.5. The number of rotatable bonds is 6. The number of nitrogens with one attached hydrogen (secondary N) is 1. The Morgan fingerprint density at radius 3 is 2.17 bits per heavy atom. The third-order valence-corrected chi connectivity index (χ3v) is 2.91. The van der Waals surface area contributed by atoms with Gasteiger partial charge in [0, 0.05) is 6.42 Å². The summed E-state index contributed by atoms with van der Waals surface area (Å²) in [6, 6.07) is 6.55. The summed E-state index contributed by atoms with van der Waals surface area (Å²) in [6.07, 6.45) is -0.265. The maximum absolute atomic E-state index is 11.9. The predicted molar refractivity (Wildman–Crippen MR) is 91.1 cm³/mol. The molecule has 24 heavy (non-hydrogen) atoms. The lowest BCUT2D eigenvalue weighted by Crippen LogP contribution is -2.45. The number of esters is 1. The van der Waals surface area contributed by atoms with Crippen LogP contribution in [0.25, 0.3) is 0 Å². The number of benzene rings is 1. The van der Waals surface area contributed by atoms with E-state index in [1.165, 1.54) is 7.11 Å². The van der Waals surface area contributed by atoms with Gasteiger partial charge in [0.25, 0.3) is 0 Å². The Balaban J connectivity index is 2.75. The summed E-state index contributed by atoms with van der Waals surface area (Å²) < 4.78 is 15.5. The number of alkyl carbamates (subject to hydrolysis) is 1. The van der Waals surface area contributed by atoms with Crippen LogP contribution in [0.4, 0.5) is 4.79 Å². The first-order chi connectivity index (χ1) is 11.1. The number of ether oxygens (including phenoxy) is 3. The fraction of sp³-hybridized carbons (Fsp3) is 0.556. The van der Waals surface area contributed by atoms with Crippen molar-refractivity contribution in [2.45, 2.75) is 58.8 Å². The van der Waals surface area contributed by atoms with Crippen molar-refractivity contribution in [1.82, 2.24) is 5.32 Å². The van der Waals surface area contributed by atoms with Crippen molar-refractivity contribution in [2.75, 3.05) is 7.11 Å². The van der Waals surface area contributed by atoms with E-state index in [4.69, 9.17) is 14.2 Å². The Hall–Kier alpha value is -2.24. The van der Waals surface area contributed by atoms with Crippen LogP contribution in [-0.4, -0.2) is 36.9 Å². The standard InChI is InChI=1S/C18H27NO5/c1-12(2)23-14-9-7-13(8-10-14)11-15(16(20)22-6)19-17(21)24-18(3,4)5/h7-10,12,15H,11H2,1-6H3,(H,19,21). The Bertz CT molecular complexity index is 546. The lowest BCUT2D eigenvalue weighted by atomic mass is 10.1. The molecule has 1 aromatic carbocycles. The van der Waals surface area contributed by atoms with Crippen molar-refractivity contribution in [1.29, 1.82) is 0 Å². The molecule has 1 amide bonds. The van der Waals surface area contributed by atoms with Gasteiger partial charge in [0.1, 0.15) is 17.4 Å². The van der Waals surface area contributed by atoms with Crippen LogP contribution in [0.1, 0.15) is 40.2 Å². The number of hydrogen-bond acceptors (Lipinski definition) is 5. The smallest absolute Gasteiger partial charge is 0.408 e. The molecule has 0 aliphatic rings. The van der Waals surface area contributed by atoms with Gasteiger partial charge in [0.05, 0.1) is 13.2 Å². The molecule has 1 N–H and O–H groups in total. The summed E-state index contributed by atoms with van der Waals surface area (Å²) in [6.45, 7) is 9.17.